The van der Waals surface area contributed by atoms with Crippen molar-refractivity contribution in [2.45, 2.75) is 11.4 Å². The van der Waals surface area contributed by atoms with Gasteiger partial charge < -0.3 is 14.3 Å². The van der Waals surface area contributed by atoms with Crippen LogP contribution >= 0.6 is 0 Å². The lowest BCUT2D eigenvalue weighted by Gasteiger charge is -2.14. The van der Waals surface area contributed by atoms with Gasteiger partial charge in [0.25, 0.3) is 0 Å². The Morgan fingerprint density at radius 3 is 2.17 bits per heavy atom. The molecule has 7 heteroatoms. The van der Waals surface area contributed by atoms with Crippen molar-refractivity contribution >= 4 is 9.84 Å². The summed E-state index contributed by atoms with van der Waals surface area (Å²) >= 11 is 0. The Morgan fingerprint density at radius 2 is 1.72 bits per heavy atom. The molecule has 18 heavy (non-hydrogen) atoms. The lowest BCUT2D eigenvalue weighted by molar-refractivity contribution is 0.0860. The number of rotatable bonds is 6. The van der Waals surface area contributed by atoms with Crippen molar-refractivity contribution in [3.8, 4) is 11.5 Å². The van der Waals surface area contributed by atoms with E-state index >= 15 is 0 Å². The number of methoxy groups -OCH3 is 2. The Morgan fingerprint density at radius 1 is 1.11 bits per heavy atom. The number of nitrogens with one attached hydrogen (secondary N) is 1. The number of sulfone groups is 1. The van der Waals surface area contributed by atoms with Gasteiger partial charge in [0, 0.05) is 24.4 Å². The van der Waals surface area contributed by atoms with Crippen molar-refractivity contribution in [1.29, 1.82) is 0 Å². The molecule has 0 aliphatic heterocycles. The van der Waals surface area contributed by atoms with E-state index in [2.05, 4.69) is 5.48 Å². The van der Waals surface area contributed by atoms with E-state index in [-0.39, 0.29) is 10.6 Å². The van der Waals surface area contributed by atoms with Gasteiger partial charge in [-0.3, -0.25) is 0 Å². The summed E-state index contributed by atoms with van der Waals surface area (Å²) in [4.78, 5) is 4.85. The fraction of sp³-hybridized carbons (Fsp3) is 0.455. The first-order chi connectivity index (χ1) is 8.43. The van der Waals surface area contributed by atoms with Crippen LogP contribution in [0, 0.1) is 0 Å². The SMILES string of the molecule is CONCc1cc(OC)c(S(C)(=O)=O)cc1OC. The third-order valence-electron chi connectivity index (χ3n) is 2.37. The van der Waals surface area contributed by atoms with Crippen molar-refractivity contribution in [2.75, 3.05) is 27.6 Å². The van der Waals surface area contributed by atoms with Crippen LogP contribution in [0.25, 0.3) is 0 Å². The zero-order valence-electron chi connectivity index (χ0n) is 10.8. The van der Waals surface area contributed by atoms with Crippen molar-refractivity contribution < 1.29 is 22.7 Å². The predicted octanol–water partition coefficient (Wildman–Crippen LogP) is 0.758. The zero-order chi connectivity index (χ0) is 13.8. The van der Waals surface area contributed by atoms with Gasteiger partial charge in [0.1, 0.15) is 16.4 Å². The van der Waals surface area contributed by atoms with Crippen molar-refractivity contribution in [2.24, 2.45) is 0 Å². The molecular formula is C11H17NO5S. The Hall–Kier alpha value is -1.31. The van der Waals surface area contributed by atoms with Gasteiger partial charge in [0.2, 0.25) is 0 Å². The first-order valence-corrected chi connectivity index (χ1v) is 7.04. The molecule has 1 aromatic rings. The molecule has 1 aromatic carbocycles. The predicted molar refractivity (Wildman–Crippen MR) is 66.5 cm³/mol. The summed E-state index contributed by atoms with van der Waals surface area (Å²) in [7, 11) is 1.02. The minimum atomic E-state index is -3.37. The molecule has 0 radical (unpaired) electrons. The largest absolute Gasteiger partial charge is 0.496 e. The van der Waals surface area contributed by atoms with E-state index in [1.165, 1.54) is 27.4 Å². The molecule has 0 heterocycles. The van der Waals surface area contributed by atoms with Crippen LogP contribution in [0.4, 0.5) is 0 Å². The average molecular weight is 275 g/mol. The van der Waals surface area contributed by atoms with Crippen molar-refractivity contribution in [3.63, 3.8) is 0 Å². The van der Waals surface area contributed by atoms with Crippen LogP contribution in [0.2, 0.25) is 0 Å². The highest BCUT2D eigenvalue weighted by Crippen LogP contribution is 2.31. The topological polar surface area (TPSA) is 73.9 Å². The zero-order valence-corrected chi connectivity index (χ0v) is 11.6. The summed E-state index contributed by atoms with van der Waals surface area (Å²) in [6, 6.07) is 3.06. The van der Waals surface area contributed by atoms with Crippen LogP contribution in [0.15, 0.2) is 17.0 Å². The normalized spacial score (nSPS) is 11.3. The van der Waals surface area contributed by atoms with Gasteiger partial charge >= 0.3 is 0 Å². The maximum Gasteiger partial charge on any atom is 0.179 e. The van der Waals surface area contributed by atoms with Crippen LogP contribution < -0.4 is 15.0 Å². The van der Waals surface area contributed by atoms with Gasteiger partial charge in [-0.25, -0.2) is 8.42 Å². The summed E-state index contributed by atoms with van der Waals surface area (Å²) in [6.45, 7) is 0.375. The molecule has 0 aliphatic carbocycles. The first kappa shape index (κ1) is 14.7. The number of hydrogen-bond acceptors (Lipinski definition) is 6. The van der Waals surface area contributed by atoms with E-state index < -0.39 is 9.84 Å². The minimum Gasteiger partial charge on any atom is -0.496 e. The quantitative estimate of drug-likeness (QED) is 0.773. The molecule has 6 nitrogen and oxygen atoms in total. The Labute approximate surface area is 107 Å². The molecule has 1 N–H and O–H groups in total. The fourth-order valence-electron chi connectivity index (χ4n) is 1.51. The molecule has 0 atom stereocenters. The Kier molecular flexibility index (Phi) is 4.94. The average Bonchev–Trinajstić information content (AvgIpc) is 2.33. The summed E-state index contributed by atoms with van der Waals surface area (Å²) in [6.07, 6.45) is 1.12. The van der Waals surface area contributed by atoms with Gasteiger partial charge in [-0.15, -0.1) is 0 Å². The molecule has 0 spiro atoms. The molecule has 0 amide bonds. The number of hydrogen-bond donors (Lipinski definition) is 1. The van der Waals surface area contributed by atoms with Gasteiger partial charge in [0.15, 0.2) is 9.84 Å². The molecule has 1 rings (SSSR count). The minimum absolute atomic E-state index is 0.100. The molecule has 0 saturated heterocycles. The van der Waals surface area contributed by atoms with Crippen LogP contribution in [0.3, 0.4) is 0 Å². The van der Waals surface area contributed by atoms with E-state index in [1.807, 2.05) is 0 Å². The van der Waals surface area contributed by atoms with Gasteiger partial charge in [-0.2, -0.15) is 5.48 Å². The van der Waals surface area contributed by atoms with Crippen LogP contribution in [0.5, 0.6) is 11.5 Å². The molecule has 0 saturated carbocycles. The molecule has 0 bridgehead atoms. The van der Waals surface area contributed by atoms with E-state index in [4.69, 9.17) is 14.3 Å². The smallest absolute Gasteiger partial charge is 0.179 e. The summed E-state index contributed by atoms with van der Waals surface area (Å²) in [5, 5.41) is 0. The maximum atomic E-state index is 11.6. The highest BCUT2D eigenvalue weighted by Gasteiger charge is 2.18. The molecule has 0 aliphatic rings. The Bertz CT molecular complexity index is 512. The van der Waals surface area contributed by atoms with Gasteiger partial charge in [0.05, 0.1) is 21.3 Å². The molecule has 0 fully saturated rings. The number of ether oxygens (including phenoxy) is 2. The molecular weight excluding hydrogens is 258 g/mol. The maximum absolute atomic E-state index is 11.6. The van der Waals surface area contributed by atoms with E-state index in [0.29, 0.717) is 12.3 Å². The van der Waals surface area contributed by atoms with Crippen LogP contribution in [-0.4, -0.2) is 36.0 Å². The standard InChI is InChI=1S/C11H17NO5S/c1-15-9-6-11(18(4,13)14)10(16-2)5-8(9)7-12-17-3/h5-6,12H,7H2,1-4H3. The number of hydroxylamine groups is 1. The second kappa shape index (κ2) is 6.03. The lowest BCUT2D eigenvalue weighted by atomic mass is 10.2. The number of benzene rings is 1. The second-order valence-corrected chi connectivity index (χ2v) is 5.60. The molecule has 102 valence electrons. The monoisotopic (exact) mass is 275 g/mol. The lowest BCUT2D eigenvalue weighted by Crippen LogP contribution is -2.12. The summed E-state index contributed by atoms with van der Waals surface area (Å²) in [5.41, 5.74) is 3.40. The van der Waals surface area contributed by atoms with Crippen molar-refractivity contribution in [1.82, 2.24) is 5.48 Å². The van der Waals surface area contributed by atoms with E-state index in [1.54, 1.807) is 6.07 Å². The van der Waals surface area contributed by atoms with Gasteiger partial charge in [-0.1, -0.05) is 0 Å². The highest BCUT2D eigenvalue weighted by molar-refractivity contribution is 7.90. The summed E-state index contributed by atoms with van der Waals surface area (Å²) in [5.74, 6) is 0.743. The summed E-state index contributed by atoms with van der Waals surface area (Å²) < 4.78 is 33.5. The van der Waals surface area contributed by atoms with Gasteiger partial charge in [-0.05, 0) is 6.07 Å². The van der Waals surface area contributed by atoms with E-state index in [0.717, 1.165) is 11.8 Å². The molecule has 0 unspecified atom stereocenters. The van der Waals surface area contributed by atoms with Crippen LogP contribution in [0.1, 0.15) is 5.56 Å². The Balaban J connectivity index is 3.32. The fourth-order valence-corrected chi connectivity index (χ4v) is 2.34. The molecule has 0 aromatic heterocycles. The highest BCUT2D eigenvalue weighted by atomic mass is 32.2. The van der Waals surface area contributed by atoms with E-state index in [9.17, 15) is 8.42 Å². The first-order valence-electron chi connectivity index (χ1n) is 5.14. The third kappa shape index (κ3) is 3.34. The second-order valence-electron chi connectivity index (χ2n) is 3.61. The van der Waals surface area contributed by atoms with Crippen LogP contribution in [-0.2, 0) is 21.2 Å². The van der Waals surface area contributed by atoms with Crippen molar-refractivity contribution in [3.05, 3.63) is 17.7 Å². The third-order valence-corrected chi connectivity index (χ3v) is 3.49.